The second-order valence-corrected chi connectivity index (χ2v) is 10.8. The van der Waals surface area contributed by atoms with Crippen molar-refractivity contribution in [1.29, 1.82) is 0 Å². The molecule has 2 rings (SSSR count). The minimum absolute atomic E-state index is 0.0122. The molecular weight excluding hydrogens is 798 g/mol. The molecule has 2 N–H and O–H groups in total. The Morgan fingerprint density at radius 3 is 1.35 bits per heavy atom. The van der Waals surface area contributed by atoms with E-state index in [2.05, 4.69) is 55.5 Å². The quantitative estimate of drug-likeness (QED) is 0.0921. The lowest BCUT2D eigenvalue weighted by molar-refractivity contribution is -0.384. The van der Waals surface area contributed by atoms with Gasteiger partial charge in [-0.15, -0.1) is 0 Å². The van der Waals surface area contributed by atoms with E-state index >= 15 is 0 Å². The molecule has 21 heteroatoms. The largest absolute Gasteiger partial charge is 0.510 e. The lowest BCUT2D eigenvalue weighted by atomic mass is 10.1. The molecule has 2 aromatic carbocycles. The molecule has 13 nitrogen and oxygen atoms in total. The van der Waals surface area contributed by atoms with Crippen LogP contribution in [0, 0.1) is 43.9 Å². The summed E-state index contributed by atoms with van der Waals surface area (Å²) in [5.41, 5.74) is -4.51. The van der Waals surface area contributed by atoms with Gasteiger partial charge >= 0.3 is 30.3 Å². The van der Waals surface area contributed by atoms with Crippen molar-refractivity contribution < 1.29 is 60.0 Å². The van der Waals surface area contributed by atoms with Crippen LogP contribution in [-0.2, 0) is 19.1 Å². The Morgan fingerprint density at radius 2 is 1.08 bits per heavy atom. The second-order valence-electron chi connectivity index (χ2n) is 8.93. The van der Waals surface area contributed by atoms with Crippen LogP contribution in [-0.4, -0.2) is 52.4 Å². The summed E-state index contributed by atoms with van der Waals surface area (Å²) in [7, 11) is 0. The van der Waals surface area contributed by atoms with Crippen LogP contribution in [0.5, 0.6) is 0 Å². The molecule has 0 saturated heterocycles. The van der Waals surface area contributed by atoms with Crippen LogP contribution in [0.2, 0.25) is 0 Å². The first-order valence-corrected chi connectivity index (χ1v) is 14.4. The maximum absolute atomic E-state index is 12.9. The van der Waals surface area contributed by atoms with E-state index in [-0.39, 0.29) is 21.8 Å². The van der Waals surface area contributed by atoms with Gasteiger partial charge in [-0.3, -0.25) is 29.8 Å². The van der Waals surface area contributed by atoms with Crippen molar-refractivity contribution in [3.8, 4) is 23.7 Å². The molecule has 0 fully saturated rings. The highest BCUT2D eigenvalue weighted by Gasteiger charge is 2.41. The highest BCUT2D eigenvalue weighted by molar-refractivity contribution is 9.10. The molecule has 0 bridgehead atoms. The molecule has 0 radical (unpaired) electrons. The molecule has 256 valence electrons. The zero-order valence-electron chi connectivity index (χ0n) is 24.0. The Kier molecular flexibility index (Phi) is 13.3. The average Bonchev–Trinajstić information content (AvgIpc) is 2.97. The van der Waals surface area contributed by atoms with Crippen LogP contribution in [0.15, 0.2) is 33.2 Å². The third-order valence-electron chi connectivity index (χ3n) is 5.50. The number of carbonyl (C=O) groups is 3. The van der Waals surface area contributed by atoms with Gasteiger partial charge in [-0.05, 0) is 25.0 Å². The Hall–Kier alpha value is -4.89. The number of nitro groups is 2. The lowest BCUT2D eigenvalue weighted by Crippen LogP contribution is -2.30. The van der Waals surface area contributed by atoms with Crippen molar-refractivity contribution in [2.45, 2.75) is 51.2 Å². The van der Waals surface area contributed by atoms with E-state index in [1.165, 1.54) is 24.5 Å². The topological polar surface area (TPSA) is 180 Å². The summed E-state index contributed by atoms with van der Waals surface area (Å²) in [6.07, 6.45) is -14.9. The second kappa shape index (κ2) is 16.3. The summed E-state index contributed by atoms with van der Waals surface area (Å²) < 4.78 is 87.3. The summed E-state index contributed by atoms with van der Waals surface area (Å²) >= 11 is 5.92. The van der Waals surface area contributed by atoms with Crippen LogP contribution in [0.25, 0.3) is 0 Å². The molecule has 0 spiro atoms. The summed E-state index contributed by atoms with van der Waals surface area (Å²) in [5, 5.41) is 25.7. The maximum atomic E-state index is 12.9. The van der Waals surface area contributed by atoms with Crippen molar-refractivity contribution in [1.82, 2.24) is 0 Å². The number of hydrogen-bond donors (Lipinski definition) is 2. The monoisotopic (exact) mass is 814 g/mol. The van der Waals surface area contributed by atoms with Gasteiger partial charge in [0, 0.05) is 21.1 Å². The fourth-order valence-electron chi connectivity index (χ4n) is 3.31. The molecule has 0 heterocycles. The van der Waals surface area contributed by atoms with E-state index in [1.807, 2.05) is 0 Å². The summed E-state index contributed by atoms with van der Waals surface area (Å²) in [4.78, 5) is 56.3. The number of carbonyl (C=O) groups excluding carboxylic acids is 3. The number of ether oxygens (including phenoxy) is 2. The highest BCUT2D eigenvalue weighted by atomic mass is 79.9. The zero-order valence-corrected chi connectivity index (χ0v) is 27.1. The smallest absolute Gasteiger partial charge is 0.418 e. The maximum Gasteiger partial charge on any atom is 0.510 e. The van der Waals surface area contributed by atoms with Gasteiger partial charge in [0.2, 0.25) is 0 Å². The van der Waals surface area contributed by atoms with E-state index in [0.717, 1.165) is 24.3 Å². The lowest BCUT2D eigenvalue weighted by Gasteiger charge is -2.14. The molecule has 0 aliphatic heterocycles. The van der Waals surface area contributed by atoms with E-state index in [9.17, 15) is 61.0 Å². The van der Waals surface area contributed by atoms with Crippen molar-refractivity contribution in [2.75, 3.05) is 10.6 Å². The van der Waals surface area contributed by atoms with E-state index in [1.54, 1.807) is 0 Å². The van der Waals surface area contributed by atoms with Gasteiger partial charge in [-0.25, -0.2) is 4.79 Å². The number of nitrogens with zero attached hydrogens (tertiary/aromatic N) is 2. The number of rotatable bonds is 8. The van der Waals surface area contributed by atoms with Crippen LogP contribution in [0.1, 0.15) is 37.8 Å². The predicted molar refractivity (Wildman–Crippen MR) is 160 cm³/mol. The summed E-state index contributed by atoms with van der Waals surface area (Å²) in [5.74, 6) is 4.40. The fraction of sp³-hybridized carbons (Fsp3) is 0.296. The predicted octanol–water partition coefficient (Wildman–Crippen LogP) is 7.14. The molecule has 2 atom stereocenters. The van der Waals surface area contributed by atoms with Gasteiger partial charge in [0.05, 0.1) is 21.0 Å². The van der Waals surface area contributed by atoms with Crippen molar-refractivity contribution in [3.05, 3.63) is 64.6 Å². The number of hydrogen-bond acceptors (Lipinski definition) is 9. The third kappa shape index (κ3) is 11.1. The van der Waals surface area contributed by atoms with E-state index < -0.39 is 86.3 Å². The third-order valence-corrected chi connectivity index (χ3v) is 6.42. The summed E-state index contributed by atoms with van der Waals surface area (Å²) in [6, 6.07) is 3.79. The number of nitro benzene ring substituents is 2. The Bertz CT molecular complexity index is 1640. The normalized spacial score (nSPS) is 12.2. The van der Waals surface area contributed by atoms with Crippen LogP contribution >= 0.6 is 31.9 Å². The molecular formula is C27H18Br2F6N4O9. The van der Waals surface area contributed by atoms with Gasteiger partial charge in [0.25, 0.3) is 11.4 Å². The molecule has 0 aromatic heterocycles. The van der Waals surface area contributed by atoms with Gasteiger partial charge in [0.1, 0.15) is 11.4 Å². The first kappa shape index (κ1) is 39.3. The summed E-state index contributed by atoms with van der Waals surface area (Å²) in [6.45, 7) is 2.94. The Balaban J connectivity index is 2.37. The first-order chi connectivity index (χ1) is 22.2. The number of nitrogens with one attached hydrogen (secondary N) is 2. The highest BCUT2D eigenvalue weighted by Crippen LogP contribution is 2.35. The number of anilines is 2. The van der Waals surface area contributed by atoms with Crippen molar-refractivity contribution in [3.63, 3.8) is 0 Å². The van der Waals surface area contributed by atoms with Crippen molar-refractivity contribution in [2.24, 2.45) is 0 Å². The number of benzene rings is 2. The fourth-order valence-corrected chi connectivity index (χ4v) is 4.20. The molecule has 2 unspecified atom stereocenters. The minimum Gasteiger partial charge on any atom is -0.418 e. The van der Waals surface area contributed by atoms with Gasteiger partial charge < -0.3 is 20.1 Å². The first-order valence-electron chi connectivity index (χ1n) is 12.8. The zero-order chi connectivity index (χ0) is 36.6. The number of amides is 2. The van der Waals surface area contributed by atoms with E-state index in [4.69, 9.17) is 9.47 Å². The van der Waals surface area contributed by atoms with Crippen molar-refractivity contribution >= 4 is 72.6 Å². The molecule has 0 aliphatic rings. The number of alkyl halides is 6. The van der Waals surface area contributed by atoms with Crippen LogP contribution in [0.4, 0.5) is 53.9 Å². The van der Waals surface area contributed by atoms with Gasteiger partial charge in [-0.1, -0.05) is 69.4 Å². The van der Waals surface area contributed by atoms with Crippen LogP contribution in [0.3, 0.4) is 0 Å². The van der Waals surface area contributed by atoms with Crippen LogP contribution < -0.4 is 10.6 Å². The molecule has 48 heavy (non-hydrogen) atoms. The molecule has 0 aliphatic carbocycles. The SMILES string of the molecule is CCC(C#Cc1cc(Br)cc([N+](=O)[O-])c1NC(=O)C(F)(F)F)OC(=O)OC(C#Cc1cc(Br)cc([N+](=O)[O-])c1NC(=O)C(F)(F)F)CC. The molecule has 2 amide bonds. The minimum atomic E-state index is -5.40. The Labute approximate surface area is 282 Å². The van der Waals surface area contributed by atoms with Gasteiger partial charge in [0.15, 0.2) is 12.2 Å². The Morgan fingerprint density at radius 1 is 0.750 bits per heavy atom. The van der Waals surface area contributed by atoms with Gasteiger partial charge in [-0.2, -0.15) is 26.3 Å². The average molecular weight is 816 g/mol. The molecule has 0 saturated carbocycles. The van der Waals surface area contributed by atoms with E-state index in [0.29, 0.717) is 0 Å². The number of halogens is 8. The molecule has 2 aromatic rings. The standard InChI is InChI=1S/C27H18Br2F6N4O9/c1-3-17(7-5-13-9-15(28)11-19(38(43)44)21(13)36-23(40)26(30,31)32)47-25(42)48-18(4-2)8-6-14-10-16(29)12-20(39(45)46)22(14)37-24(41)27(33,34)35/h9-12,17-18H,3-4H2,1-2H3,(H,36,40)(H,37,41).